The molecule has 4 nitrogen and oxygen atoms in total. The average Bonchev–Trinajstić information content (AvgIpc) is 2.60. The molecule has 1 aromatic rings. The van der Waals surface area contributed by atoms with Crippen LogP contribution in [-0.4, -0.2) is 22.6 Å². The zero-order valence-electron chi connectivity index (χ0n) is 8.08. The van der Waals surface area contributed by atoms with Gasteiger partial charge in [0.25, 0.3) is 5.91 Å². The maximum absolute atomic E-state index is 11.4. The molecular formula is C8H12ClN3OS. The zero-order chi connectivity index (χ0) is 10.6. The lowest BCUT2D eigenvalue weighted by molar-refractivity contribution is 0.0946. The fourth-order valence-corrected chi connectivity index (χ4v) is 1.53. The van der Waals surface area contributed by atoms with Crippen LogP contribution < -0.4 is 5.32 Å². The number of nitrogens with zero attached hydrogens (tertiary/aromatic N) is 2. The van der Waals surface area contributed by atoms with Crippen LogP contribution in [0.1, 0.15) is 30.1 Å². The molecule has 0 aliphatic carbocycles. The maximum Gasteiger partial charge on any atom is 0.282 e. The molecule has 1 aromatic heterocycles. The predicted octanol–water partition coefficient (Wildman–Crippen LogP) is 1.97. The first-order valence-corrected chi connectivity index (χ1v) is 5.60. The van der Waals surface area contributed by atoms with Crippen molar-refractivity contribution in [1.82, 2.24) is 15.5 Å². The van der Waals surface area contributed by atoms with E-state index in [1.807, 2.05) is 0 Å². The van der Waals surface area contributed by atoms with Crippen LogP contribution in [-0.2, 0) is 0 Å². The SMILES string of the molecule is CCC(C)CNC(=O)c1nnc(Cl)s1. The molecule has 0 saturated heterocycles. The topological polar surface area (TPSA) is 54.9 Å². The Kier molecular flexibility index (Phi) is 4.28. The minimum absolute atomic E-state index is 0.199. The van der Waals surface area contributed by atoms with Gasteiger partial charge in [0.05, 0.1) is 0 Å². The molecule has 1 heterocycles. The zero-order valence-corrected chi connectivity index (χ0v) is 9.65. The van der Waals surface area contributed by atoms with Gasteiger partial charge in [-0.25, -0.2) is 0 Å². The third-order valence-electron chi connectivity index (χ3n) is 1.90. The molecule has 78 valence electrons. The summed E-state index contributed by atoms with van der Waals surface area (Å²) in [5, 5.41) is 10.3. The molecule has 0 radical (unpaired) electrons. The number of carbonyl (C=O) groups is 1. The van der Waals surface area contributed by atoms with Crippen molar-refractivity contribution in [3.63, 3.8) is 0 Å². The van der Waals surface area contributed by atoms with Crippen molar-refractivity contribution in [3.8, 4) is 0 Å². The lowest BCUT2D eigenvalue weighted by Crippen LogP contribution is -2.27. The van der Waals surface area contributed by atoms with Gasteiger partial charge in [0.15, 0.2) is 0 Å². The summed E-state index contributed by atoms with van der Waals surface area (Å²) in [5.41, 5.74) is 0. The molecule has 0 spiro atoms. The number of hydrogen-bond donors (Lipinski definition) is 1. The van der Waals surface area contributed by atoms with Crippen molar-refractivity contribution < 1.29 is 4.79 Å². The van der Waals surface area contributed by atoms with E-state index < -0.39 is 0 Å². The fraction of sp³-hybridized carbons (Fsp3) is 0.625. The highest BCUT2D eigenvalue weighted by Gasteiger charge is 2.11. The molecule has 0 aromatic carbocycles. The normalized spacial score (nSPS) is 12.5. The lowest BCUT2D eigenvalue weighted by Gasteiger charge is -2.07. The average molecular weight is 234 g/mol. The first-order chi connectivity index (χ1) is 6.63. The smallest absolute Gasteiger partial charge is 0.282 e. The number of halogens is 1. The third kappa shape index (κ3) is 3.23. The van der Waals surface area contributed by atoms with Gasteiger partial charge in [-0.15, -0.1) is 10.2 Å². The number of nitrogens with one attached hydrogen (secondary N) is 1. The van der Waals surface area contributed by atoms with Gasteiger partial charge in [0.2, 0.25) is 9.47 Å². The van der Waals surface area contributed by atoms with E-state index in [1.54, 1.807) is 0 Å². The maximum atomic E-state index is 11.4. The summed E-state index contributed by atoms with van der Waals surface area (Å²) in [6, 6.07) is 0. The summed E-state index contributed by atoms with van der Waals surface area (Å²) in [5.74, 6) is 0.275. The number of rotatable bonds is 4. The Morgan fingerprint density at radius 1 is 1.64 bits per heavy atom. The molecule has 1 N–H and O–H groups in total. The van der Waals surface area contributed by atoms with Gasteiger partial charge in [-0.2, -0.15) is 0 Å². The Morgan fingerprint density at radius 2 is 2.36 bits per heavy atom. The Labute approximate surface area is 91.7 Å². The highest BCUT2D eigenvalue weighted by molar-refractivity contribution is 7.17. The molecule has 6 heteroatoms. The van der Waals surface area contributed by atoms with E-state index in [-0.39, 0.29) is 5.91 Å². The van der Waals surface area contributed by atoms with E-state index in [0.29, 0.717) is 21.9 Å². The highest BCUT2D eigenvalue weighted by Crippen LogP contribution is 2.14. The first-order valence-electron chi connectivity index (χ1n) is 4.40. The lowest BCUT2D eigenvalue weighted by atomic mass is 10.1. The summed E-state index contributed by atoms with van der Waals surface area (Å²) in [6.07, 6.45) is 1.04. The van der Waals surface area contributed by atoms with Crippen molar-refractivity contribution in [1.29, 1.82) is 0 Å². The van der Waals surface area contributed by atoms with E-state index in [9.17, 15) is 4.79 Å². The number of aromatic nitrogens is 2. The summed E-state index contributed by atoms with van der Waals surface area (Å²) >= 11 is 6.65. The van der Waals surface area contributed by atoms with Crippen LogP contribution in [0.4, 0.5) is 0 Å². The second-order valence-electron chi connectivity index (χ2n) is 3.08. The second kappa shape index (κ2) is 5.26. The molecule has 0 fully saturated rings. The van der Waals surface area contributed by atoms with E-state index >= 15 is 0 Å². The Morgan fingerprint density at radius 3 is 2.86 bits per heavy atom. The van der Waals surface area contributed by atoms with Crippen molar-refractivity contribution in [2.75, 3.05) is 6.54 Å². The molecule has 0 aliphatic heterocycles. The van der Waals surface area contributed by atoms with Crippen LogP contribution in [0.5, 0.6) is 0 Å². The molecule has 1 unspecified atom stereocenters. The van der Waals surface area contributed by atoms with Gasteiger partial charge in [-0.1, -0.05) is 31.6 Å². The van der Waals surface area contributed by atoms with Crippen LogP contribution in [0, 0.1) is 5.92 Å². The van der Waals surface area contributed by atoms with Gasteiger partial charge >= 0.3 is 0 Å². The Bertz CT molecular complexity index is 315. The molecule has 14 heavy (non-hydrogen) atoms. The van der Waals surface area contributed by atoms with Crippen molar-refractivity contribution in [2.24, 2.45) is 5.92 Å². The van der Waals surface area contributed by atoms with Gasteiger partial charge in [0, 0.05) is 6.54 Å². The Hall–Kier alpha value is -0.680. The van der Waals surface area contributed by atoms with Gasteiger partial charge < -0.3 is 5.32 Å². The number of hydrogen-bond acceptors (Lipinski definition) is 4. The van der Waals surface area contributed by atoms with E-state index in [2.05, 4.69) is 29.4 Å². The van der Waals surface area contributed by atoms with E-state index in [4.69, 9.17) is 11.6 Å². The molecule has 1 amide bonds. The minimum atomic E-state index is -0.199. The van der Waals surface area contributed by atoms with Crippen LogP contribution in [0.15, 0.2) is 0 Å². The summed E-state index contributed by atoms with van der Waals surface area (Å²) in [7, 11) is 0. The molecule has 0 saturated carbocycles. The van der Waals surface area contributed by atoms with E-state index in [1.165, 1.54) is 0 Å². The summed E-state index contributed by atoms with van der Waals surface area (Å²) < 4.78 is 0.290. The number of amides is 1. The van der Waals surface area contributed by atoms with E-state index in [0.717, 1.165) is 17.8 Å². The highest BCUT2D eigenvalue weighted by atomic mass is 35.5. The molecule has 0 bridgehead atoms. The van der Waals surface area contributed by atoms with Crippen LogP contribution in [0.2, 0.25) is 4.47 Å². The van der Waals surface area contributed by atoms with Gasteiger partial charge in [0.1, 0.15) is 0 Å². The Balaban J connectivity index is 2.43. The molecule has 0 aliphatic rings. The summed E-state index contributed by atoms with van der Waals surface area (Å²) in [6.45, 7) is 4.82. The second-order valence-corrected chi connectivity index (χ2v) is 4.64. The third-order valence-corrected chi connectivity index (χ3v) is 2.92. The van der Waals surface area contributed by atoms with Crippen molar-refractivity contribution in [3.05, 3.63) is 9.47 Å². The monoisotopic (exact) mass is 233 g/mol. The van der Waals surface area contributed by atoms with Gasteiger partial charge in [-0.3, -0.25) is 4.79 Å². The minimum Gasteiger partial charge on any atom is -0.350 e. The predicted molar refractivity (Wildman–Crippen MR) is 56.7 cm³/mol. The van der Waals surface area contributed by atoms with Crippen LogP contribution in [0.25, 0.3) is 0 Å². The van der Waals surface area contributed by atoms with Crippen LogP contribution in [0.3, 0.4) is 0 Å². The van der Waals surface area contributed by atoms with Crippen molar-refractivity contribution >= 4 is 28.8 Å². The fourth-order valence-electron chi connectivity index (χ4n) is 0.784. The quantitative estimate of drug-likeness (QED) is 0.865. The number of carbonyl (C=O) groups excluding carboxylic acids is 1. The van der Waals surface area contributed by atoms with Crippen LogP contribution >= 0.6 is 22.9 Å². The van der Waals surface area contributed by atoms with Gasteiger partial charge in [-0.05, 0) is 17.5 Å². The summed E-state index contributed by atoms with van der Waals surface area (Å²) in [4.78, 5) is 11.4. The molecule has 1 rings (SSSR count). The first kappa shape index (κ1) is 11.4. The standard InChI is InChI=1S/C8H12ClN3OS/c1-3-5(2)4-10-6(13)7-11-12-8(9)14-7/h5H,3-4H2,1-2H3,(H,10,13). The largest absolute Gasteiger partial charge is 0.350 e. The molecular weight excluding hydrogens is 222 g/mol. The molecule has 1 atom stereocenters. The van der Waals surface area contributed by atoms with Crippen molar-refractivity contribution in [2.45, 2.75) is 20.3 Å².